The van der Waals surface area contributed by atoms with E-state index in [-0.39, 0.29) is 23.9 Å². The number of hydrogen-bond acceptors (Lipinski definition) is 4. The lowest BCUT2D eigenvalue weighted by Gasteiger charge is -2.15. The van der Waals surface area contributed by atoms with E-state index in [1.54, 1.807) is 4.68 Å². The number of benzene rings is 2. The molecule has 0 saturated carbocycles. The van der Waals surface area contributed by atoms with Gasteiger partial charge >= 0.3 is 0 Å². The van der Waals surface area contributed by atoms with Crippen LogP contribution in [-0.2, 0) is 11.3 Å². The van der Waals surface area contributed by atoms with Crippen LogP contribution in [0.3, 0.4) is 0 Å². The number of fused-ring (bicyclic) bond motifs is 1. The van der Waals surface area contributed by atoms with E-state index in [9.17, 15) is 9.59 Å². The van der Waals surface area contributed by atoms with E-state index in [4.69, 9.17) is 0 Å². The van der Waals surface area contributed by atoms with Gasteiger partial charge in [-0.2, -0.15) is 5.10 Å². The maximum absolute atomic E-state index is 12.7. The number of rotatable bonds is 6. The van der Waals surface area contributed by atoms with Crippen molar-refractivity contribution in [2.75, 3.05) is 0 Å². The Bertz CT molecular complexity index is 1180. The van der Waals surface area contributed by atoms with Gasteiger partial charge in [0.05, 0.1) is 24.3 Å². The highest BCUT2D eigenvalue weighted by molar-refractivity contribution is 5.83. The highest BCUT2D eigenvalue weighted by Gasteiger charge is 2.19. The Morgan fingerprint density at radius 2 is 1.79 bits per heavy atom. The maximum Gasteiger partial charge on any atom is 0.262 e. The summed E-state index contributed by atoms with van der Waals surface area (Å²) in [7, 11) is 0. The Labute approximate surface area is 167 Å². The molecule has 4 rings (SSSR count). The fourth-order valence-corrected chi connectivity index (χ4v) is 3.36. The molecule has 1 amide bonds. The summed E-state index contributed by atoms with van der Waals surface area (Å²) < 4.78 is 1.62. The van der Waals surface area contributed by atoms with Gasteiger partial charge in [-0.15, -0.1) is 0 Å². The lowest BCUT2D eigenvalue weighted by Crippen LogP contribution is -2.30. The van der Waals surface area contributed by atoms with Crippen molar-refractivity contribution in [1.29, 1.82) is 0 Å². The second kappa shape index (κ2) is 8.10. The van der Waals surface area contributed by atoms with E-state index in [0.717, 1.165) is 11.3 Å². The van der Waals surface area contributed by atoms with Crippen LogP contribution in [0.5, 0.6) is 0 Å². The molecule has 7 nitrogen and oxygen atoms in total. The molecular weight excluding hydrogens is 366 g/mol. The third kappa shape index (κ3) is 3.80. The highest BCUT2D eigenvalue weighted by atomic mass is 16.2. The fourth-order valence-electron chi connectivity index (χ4n) is 3.36. The summed E-state index contributed by atoms with van der Waals surface area (Å²) in [4.78, 5) is 32.4. The molecule has 7 heteroatoms. The average molecular weight is 387 g/mol. The predicted molar refractivity (Wildman–Crippen MR) is 111 cm³/mol. The number of aromatic amines is 1. The van der Waals surface area contributed by atoms with E-state index < -0.39 is 0 Å². The van der Waals surface area contributed by atoms with Gasteiger partial charge < -0.3 is 10.3 Å². The van der Waals surface area contributed by atoms with E-state index >= 15 is 0 Å². The number of aromatic nitrogens is 4. The molecule has 2 heterocycles. The Kier molecular flexibility index (Phi) is 5.20. The SMILES string of the molecule is CC[C@@H](C(=O)NCc1nc2c(cnn2-c2ccccc2)c(=O)[nH]1)c1ccccc1. The van der Waals surface area contributed by atoms with E-state index in [0.29, 0.717) is 23.3 Å². The number of hydrogen-bond donors (Lipinski definition) is 2. The Morgan fingerprint density at radius 1 is 1.10 bits per heavy atom. The lowest BCUT2D eigenvalue weighted by molar-refractivity contribution is -0.122. The molecule has 0 radical (unpaired) electrons. The molecule has 0 aliphatic carbocycles. The second-order valence-electron chi connectivity index (χ2n) is 6.73. The zero-order valence-electron chi connectivity index (χ0n) is 16.0. The minimum Gasteiger partial charge on any atom is -0.348 e. The van der Waals surface area contributed by atoms with Gasteiger partial charge in [-0.1, -0.05) is 55.5 Å². The van der Waals surface area contributed by atoms with E-state index in [2.05, 4.69) is 20.4 Å². The van der Waals surface area contributed by atoms with Crippen LogP contribution in [-0.4, -0.2) is 25.7 Å². The van der Waals surface area contributed by atoms with Crippen molar-refractivity contribution in [2.24, 2.45) is 0 Å². The number of carbonyl (C=O) groups is 1. The molecule has 0 aliphatic rings. The first-order valence-corrected chi connectivity index (χ1v) is 9.52. The summed E-state index contributed by atoms with van der Waals surface area (Å²) in [6.07, 6.45) is 2.18. The Hall–Kier alpha value is -3.74. The van der Waals surface area contributed by atoms with Crippen molar-refractivity contribution in [3.05, 3.63) is 88.6 Å². The fraction of sp³-hybridized carbons (Fsp3) is 0.182. The molecular formula is C22H21N5O2. The van der Waals surface area contributed by atoms with Crippen molar-refractivity contribution in [2.45, 2.75) is 25.8 Å². The molecule has 0 fully saturated rings. The summed E-state index contributed by atoms with van der Waals surface area (Å²) in [5.74, 6) is 0.0379. The summed E-state index contributed by atoms with van der Waals surface area (Å²) in [5.41, 5.74) is 1.95. The van der Waals surface area contributed by atoms with Crippen molar-refractivity contribution in [3.63, 3.8) is 0 Å². The third-order valence-corrected chi connectivity index (χ3v) is 4.84. The van der Waals surface area contributed by atoms with Crippen molar-refractivity contribution in [3.8, 4) is 5.69 Å². The van der Waals surface area contributed by atoms with Gasteiger partial charge in [0.15, 0.2) is 5.65 Å². The zero-order valence-corrected chi connectivity index (χ0v) is 16.0. The van der Waals surface area contributed by atoms with Crippen molar-refractivity contribution in [1.82, 2.24) is 25.1 Å². The van der Waals surface area contributed by atoms with Gasteiger partial charge in [-0.25, -0.2) is 9.67 Å². The van der Waals surface area contributed by atoms with Crippen LogP contribution in [0.2, 0.25) is 0 Å². The molecule has 146 valence electrons. The van der Waals surface area contributed by atoms with Gasteiger partial charge in [0.25, 0.3) is 5.56 Å². The van der Waals surface area contributed by atoms with Crippen LogP contribution in [0.4, 0.5) is 0 Å². The first-order chi connectivity index (χ1) is 14.2. The van der Waals surface area contributed by atoms with Gasteiger partial charge in [0, 0.05) is 0 Å². The number of nitrogens with zero attached hydrogens (tertiary/aromatic N) is 3. The summed E-state index contributed by atoms with van der Waals surface area (Å²) in [6, 6.07) is 19.1. The minimum absolute atomic E-state index is 0.0991. The Balaban J connectivity index is 1.58. The quantitative estimate of drug-likeness (QED) is 0.532. The molecule has 1 atom stereocenters. The molecule has 2 aromatic heterocycles. The van der Waals surface area contributed by atoms with Crippen LogP contribution in [0, 0.1) is 0 Å². The minimum atomic E-state index is -0.281. The van der Waals surface area contributed by atoms with Gasteiger partial charge in [-0.05, 0) is 24.1 Å². The number of para-hydroxylation sites is 1. The average Bonchev–Trinajstić information content (AvgIpc) is 3.19. The topological polar surface area (TPSA) is 92.7 Å². The summed E-state index contributed by atoms with van der Waals surface area (Å²) >= 11 is 0. The van der Waals surface area contributed by atoms with Crippen molar-refractivity contribution >= 4 is 16.9 Å². The molecule has 0 saturated heterocycles. The summed E-state index contributed by atoms with van der Waals surface area (Å²) in [6.45, 7) is 2.11. The van der Waals surface area contributed by atoms with Crippen LogP contribution in [0.1, 0.15) is 30.7 Å². The van der Waals surface area contributed by atoms with Gasteiger partial charge in [-0.3, -0.25) is 9.59 Å². The van der Waals surface area contributed by atoms with Crippen LogP contribution >= 0.6 is 0 Å². The normalized spacial score (nSPS) is 12.0. The predicted octanol–water partition coefficient (Wildman–Crippen LogP) is 2.92. The molecule has 29 heavy (non-hydrogen) atoms. The smallest absolute Gasteiger partial charge is 0.262 e. The molecule has 0 aliphatic heterocycles. The molecule has 0 unspecified atom stereocenters. The van der Waals surface area contributed by atoms with E-state index in [1.807, 2.05) is 67.6 Å². The molecule has 0 bridgehead atoms. The number of amides is 1. The maximum atomic E-state index is 12.7. The monoisotopic (exact) mass is 387 g/mol. The molecule has 0 spiro atoms. The second-order valence-corrected chi connectivity index (χ2v) is 6.73. The molecule has 2 N–H and O–H groups in total. The highest BCUT2D eigenvalue weighted by Crippen LogP contribution is 2.19. The summed E-state index contributed by atoms with van der Waals surface area (Å²) in [5, 5.41) is 7.58. The number of carbonyl (C=O) groups excluding carboxylic acids is 1. The van der Waals surface area contributed by atoms with Crippen LogP contribution < -0.4 is 10.9 Å². The van der Waals surface area contributed by atoms with Crippen LogP contribution in [0.15, 0.2) is 71.7 Å². The number of nitrogens with one attached hydrogen (secondary N) is 2. The number of H-pyrrole nitrogens is 1. The third-order valence-electron chi connectivity index (χ3n) is 4.84. The van der Waals surface area contributed by atoms with E-state index in [1.165, 1.54) is 6.20 Å². The van der Waals surface area contributed by atoms with Gasteiger partial charge in [0.1, 0.15) is 11.2 Å². The largest absolute Gasteiger partial charge is 0.348 e. The lowest BCUT2D eigenvalue weighted by atomic mass is 9.96. The first kappa shape index (κ1) is 18.6. The molecule has 4 aromatic rings. The van der Waals surface area contributed by atoms with Crippen molar-refractivity contribution < 1.29 is 4.79 Å². The first-order valence-electron chi connectivity index (χ1n) is 9.52. The van der Waals surface area contributed by atoms with Crippen LogP contribution in [0.25, 0.3) is 16.7 Å². The molecule has 2 aromatic carbocycles. The zero-order chi connectivity index (χ0) is 20.2. The standard InChI is InChI=1S/C22H21N5O2/c1-2-17(15-9-5-3-6-10-15)21(28)23-14-19-25-20-18(22(29)26-19)13-24-27(20)16-11-7-4-8-12-16/h3-13,17H,2,14H2,1H3,(H,23,28)(H,25,26,29)/t17-/m1/s1. The Morgan fingerprint density at radius 3 is 2.48 bits per heavy atom. The van der Waals surface area contributed by atoms with Gasteiger partial charge in [0.2, 0.25) is 5.91 Å².